The van der Waals surface area contributed by atoms with E-state index in [0.717, 1.165) is 19.5 Å². The lowest BCUT2D eigenvalue weighted by molar-refractivity contribution is 0.0907. The summed E-state index contributed by atoms with van der Waals surface area (Å²) >= 11 is 0. The van der Waals surface area contributed by atoms with E-state index in [4.69, 9.17) is 9.84 Å². The fraction of sp³-hybridized carbons (Fsp3) is 0.538. The number of nitrogens with one attached hydrogen (secondary N) is 1. The topological polar surface area (TPSA) is 41.5 Å². The molecule has 0 saturated heterocycles. The molecule has 90 valence electrons. The maximum absolute atomic E-state index is 8.50. The number of aryl methyl sites for hydroxylation is 1. The molecule has 0 fully saturated rings. The van der Waals surface area contributed by atoms with E-state index in [2.05, 4.69) is 36.5 Å². The van der Waals surface area contributed by atoms with Crippen molar-refractivity contribution in [3.05, 3.63) is 35.4 Å². The van der Waals surface area contributed by atoms with Crippen LogP contribution in [0.25, 0.3) is 0 Å². The molecule has 1 aromatic rings. The number of hydrogen-bond acceptors (Lipinski definition) is 3. The first kappa shape index (κ1) is 13.2. The maximum Gasteiger partial charge on any atom is 0.0697 e. The number of hydrogen-bond donors (Lipinski definition) is 2. The van der Waals surface area contributed by atoms with Crippen molar-refractivity contribution in [2.75, 3.05) is 26.4 Å². The Hall–Kier alpha value is -0.900. The largest absolute Gasteiger partial charge is 0.394 e. The predicted molar refractivity (Wildman–Crippen MR) is 65.4 cm³/mol. The van der Waals surface area contributed by atoms with Crippen LogP contribution in [0.4, 0.5) is 0 Å². The SMILES string of the molecule is Cc1ccc(CNCCCOCCO)cc1. The fourth-order valence-electron chi connectivity index (χ4n) is 1.40. The average molecular weight is 223 g/mol. The summed E-state index contributed by atoms with van der Waals surface area (Å²) in [5, 5.41) is 11.9. The summed E-state index contributed by atoms with van der Waals surface area (Å²) in [5.74, 6) is 0. The molecule has 0 atom stereocenters. The van der Waals surface area contributed by atoms with Gasteiger partial charge in [-0.3, -0.25) is 0 Å². The Morgan fingerprint density at radius 3 is 2.62 bits per heavy atom. The zero-order valence-corrected chi connectivity index (χ0v) is 9.91. The van der Waals surface area contributed by atoms with Crippen molar-refractivity contribution >= 4 is 0 Å². The van der Waals surface area contributed by atoms with Crippen molar-refractivity contribution in [1.82, 2.24) is 5.32 Å². The summed E-state index contributed by atoms with van der Waals surface area (Å²) in [6.07, 6.45) is 0.978. The summed E-state index contributed by atoms with van der Waals surface area (Å²) < 4.78 is 5.16. The molecule has 0 radical (unpaired) electrons. The molecule has 0 aromatic heterocycles. The molecule has 0 unspecified atom stereocenters. The Bertz CT molecular complexity index is 272. The van der Waals surface area contributed by atoms with Crippen LogP contribution < -0.4 is 5.32 Å². The highest BCUT2D eigenvalue weighted by Gasteiger charge is 1.92. The van der Waals surface area contributed by atoms with E-state index in [1.54, 1.807) is 0 Å². The Morgan fingerprint density at radius 2 is 1.94 bits per heavy atom. The normalized spacial score (nSPS) is 10.6. The molecular formula is C13H21NO2. The molecule has 0 aliphatic rings. The lowest BCUT2D eigenvalue weighted by Crippen LogP contribution is -2.16. The zero-order valence-electron chi connectivity index (χ0n) is 9.91. The van der Waals surface area contributed by atoms with Gasteiger partial charge in [-0.25, -0.2) is 0 Å². The highest BCUT2D eigenvalue weighted by molar-refractivity contribution is 5.20. The minimum Gasteiger partial charge on any atom is -0.394 e. The third kappa shape index (κ3) is 5.85. The van der Waals surface area contributed by atoms with Crippen LogP contribution in [0.1, 0.15) is 17.5 Å². The predicted octanol–water partition coefficient (Wildman–Crippen LogP) is 1.48. The lowest BCUT2D eigenvalue weighted by atomic mass is 10.1. The first-order valence-corrected chi connectivity index (χ1v) is 5.78. The van der Waals surface area contributed by atoms with Gasteiger partial charge < -0.3 is 15.2 Å². The van der Waals surface area contributed by atoms with Gasteiger partial charge >= 0.3 is 0 Å². The smallest absolute Gasteiger partial charge is 0.0697 e. The van der Waals surface area contributed by atoms with Gasteiger partial charge in [0.25, 0.3) is 0 Å². The number of aliphatic hydroxyl groups is 1. The minimum atomic E-state index is 0.108. The van der Waals surface area contributed by atoms with Crippen LogP contribution in [0.2, 0.25) is 0 Å². The molecule has 0 amide bonds. The summed E-state index contributed by atoms with van der Waals surface area (Å²) in [4.78, 5) is 0. The van der Waals surface area contributed by atoms with Gasteiger partial charge in [0.2, 0.25) is 0 Å². The van der Waals surface area contributed by atoms with Gasteiger partial charge in [-0.2, -0.15) is 0 Å². The first-order valence-electron chi connectivity index (χ1n) is 5.78. The molecule has 0 heterocycles. The van der Waals surface area contributed by atoms with E-state index in [1.807, 2.05) is 0 Å². The molecule has 0 saturated carbocycles. The van der Waals surface area contributed by atoms with Gasteiger partial charge in [0, 0.05) is 13.2 Å². The van der Waals surface area contributed by atoms with Gasteiger partial charge in [0.05, 0.1) is 13.2 Å². The third-order valence-electron chi connectivity index (χ3n) is 2.33. The highest BCUT2D eigenvalue weighted by Crippen LogP contribution is 2.02. The van der Waals surface area contributed by atoms with Crippen LogP contribution in [0.3, 0.4) is 0 Å². The molecule has 1 rings (SSSR count). The quantitative estimate of drug-likeness (QED) is 0.656. The van der Waals surface area contributed by atoms with E-state index < -0.39 is 0 Å². The molecule has 0 spiro atoms. The fourth-order valence-corrected chi connectivity index (χ4v) is 1.40. The molecule has 16 heavy (non-hydrogen) atoms. The maximum atomic E-state index is 8.50. The Balaban J connectivity index is 2.01. The molecule has 3 heteroatoms. The van der Waals surface area contributed by atoms with Crippen molar-refractivity contribution in [3.63, 3.8) is 0 Å². The standard InChI is InChI=1S/C13H21NO2/c1-12-3-5-13(6-4-12)11-14-7-2-9-16-10-8-15/h3-6,14-15H,2,7-11H2,1H3. The molecule has 0 aliphatic carbocycles. The van der Waals surface area contributed by atoms with Crippen LogP contribution >= 0.6 is 0 Å². The van der Waals surface area contributed by atoms with Crippen molar-refractivity contribution in [1.29, 1.82) is 0 Å². The Morgan fingerprint density at radius 1 is 1.19 bits per heavy atom. The summed E-state index contributed by atoms with van der Waals surface area (Å²) in [5.41, 5.74) is 2.60. The van der Waals surface area contributed by atoms with E-state index in [-0.39, 0.29) is 6.61 Å². The van der Waals surface area contributed by atoms with Gasteiger partial charge in [-0.05, 0) is 25.5 Å². The minimum absolute atomic E-state index is 0.108. The second-order valence-electron chi connectivity index (χ2n) is 3.85. The molecule has 1 aromatic carbocycles. The van der Waals surface area contributed by atoms with Crippen molar-refractivity contribution < 1.29 is 9.84 Å². The van der Waals surface area contributed by atoms with E-state index in [1.165, 1.54) is 11.1 Å². The molecule has 3 nitrogen and oxygen atoms in total. The molecular weight excluding hydrogens is 202 g/mol. The highest BCUT2D eigenvalue weighted by atomic mass is 16.5. The first-order chi connectivity index (χ1) is 7.83. The van der Waals surface area contributed by atoms with Crippen LogP contribution in [-0.2, 0) is 11.3 Å². The number of rotatable bonds is 8. The molecule has 2 N–H and O–H groups in total. The number of aliphatic hydroxyl groups excluding tert-OH is 1. The van der Waals surface area contributed by atoms with Gasteiger partial charge in [0.1, 0.15) is 0 Å². The lowest BCUT2D eigenvalue weighted by Gasteiger charge is -2.05. The second-order valence-corrected chi connectivity index (χ2v) is 3.85. The summed E-state index contributed by atoms with van der Waals surface area (Å²) in [7, 11) is 0. The Kier molecular flexibility index (Phi) is 6.81. The van der Waals surface area contributed by atoms with Crippen LogP contribution in [0.5, 0.6) is 0 Å². The monoisotopic (exact) mass is 223 g/mol. The van der Waals surface area contributed by atoms with E-state index >= 15 is 0 Å². The van der Waals surface area contributed by atoms with Crippen molar-refractivity contribution in [3.8, 4) is 0 Å². The van der Waals surface area contributed by atoms with Crippen LogP contribution in [-0.4, -0.2) is 31.5 Å². The summed E-state index contributed by atoms with van der Waals surface area (Å²) in [6.45, 7) is 5.20. The van der Waals surface area contributed by atoms with Crippen molar-refractivity contribution in [2.24, 2.45) is 0 Å². The van der Waals surface area contributed by atoms with E-state index in [0.29, 0.717) is 13.2 Å². The number of ether oxygens (including phenoxy) is 1. The van der Waals surface area contributed by atoms with Gasteiger partial charge in [-0.15, -0.1) is 0 Å². The second kappa shape index (κ2) is 8.28. The molecule has 0 aliphatic heterocycles. The third-order valence-corrected chi connectivity index (χ3v) is 2.33. The zero-order chi connectivity index (χ0) is 11.6. The van der Waals surface area contributed by atoms with Crippen molar-refractivity contribution in [2.45, 2.75) is 19.9 Å². The average Bonchev–Trinajstić information content (AvgIpc) is 2.30. The van der Waals surface area contributed by atoms with Crippen LogP contribution in [0, 0.1) is 6.92 Å². The summed E-state index contributed by atoms with van der Waals surface area (Å²) in [6, 6.07) is 8.54. The van der Waals surface area contributed by atoms with Gasteiger partial charge in [-0.1, -0.05) is 29.8 Å². The molecule has 0 bridgehead atoms. The number of benzene rings is 1. The van der Waals surface area contributed by atoms with Crippen LogP contribution in [0.15, 0.2) is 24.3 Å². The Labute approximate surface area is 97.4 Å². The van der Waals surface area contributed by atoms with Gasteiger partial charge in [0.15, 0.2) is 0 Å². The van der Waals surface area contributed by atoms with E-state index in [9.17, 15) is 0 Å².